The van der Waals surface area contributed by atoms with Gasteiger partial charge in [-0.2, -0.15) is 0 Å². The molecule has 3 heteroatoms. The van der Waals surface area contributed by atoms with Gasteiger partial charge in [0.15, 0.2) is 0 Å². The van der Waals surface area contributed by atoms with Gasteiger partial charge in [0, 0.05) is 6.92 Å². The number of hydrogen-bond acceptors (Lipinski definition) is 1. The van der Waals surface area contributed by atoms with Gasteiger partial charge in [0.05, 0.1) is 6.08 Å². The van der Waals surface area contributed by atoms with Crippen molar-refractivity contribution in [2.75, 3.05) is 0 Å². The van der Waals surface area contributed by atoms with Crippen molar-refractivity contribution in [2.24, 2.45) is 0 Å². The normalized spacial score (nSPS) is 11.4. The van der Waals surface area contributed by atoms with Crippen LogP contribution in [0.5, 0.6) is 0 Å². The summed E-state index contributed by atoms with van der Waals surface area (Å²) < 4.78 is 0. The van der Waals surface area contributed by atoms with Gasteiger partial charge in [-0.05, 0) is 0 Å². The van der Waals surface area contributed by atoms with E-state index in [9.17, 15) is 0 Å². The Kier molecular flexibility index (Phi) is 2.45. The first-order valence-electron chi connectivity index (χ1n) is 1.77. The highest BCUT2D eigenvalue weighted by molar-refractivity contribution is 6.67. The summed E-state index contributed by atoms with van der Waals surface area (Å²) in [5.41, 5.74) is 0. The van der Waals surface area contributed by atoms with Crippen LogP contribution in [0.25, 0.3) is 0 Å². The molecule has 0 atom stereocenters. The maximum Gasteiger partial charge on any atom is 0.228 e. The minimum Gasteiger partial charge on any atom is -0.597 e. The highest BCUT2D eigenvalue weighted by atomic mass is 35.5. The quantitative estimate of drug-likeness (QED) is 0.303. The molecule has 40 valence electrons. The van der Waals surface area contributed by atoms with Crippen molar-refractivity contribution in [1.29, 1.82) is 5.41 Å². The van der Waals surface area contributed by atoms with Gasteiger partial charge < -0.3 is 5.11 Å². The summed E-state index contributed by atoms with van der Waals surface area (Å²) in [6, 6.07) is 0. The molecule has 0 heterocycles. The smallest absolute Gasteiger partial charge is 0.228 e. The zero-order valence-electron chi connectivity index (χ0n) is 3.96. The van der Waals surface area contributed by atoms with Crippen LogP contribution in [0.4, 0.5) is 0 Å². The monoisotopic (exact) mass is 120 g/mol. The van der Waals surface area contributed by atoms with E-state index in [1.807, 2.05) is 0 Å². The lowest BCUT2D eigenvalue weighted by Gasteiger charge is -1.77. The molecule has 0 fully saturated rings. The van der Waals surface area contributed by atoms with E-state index in [4.69, 9.17) is 22.1 Å². The molecule has 0 unspecified atom stereocenters. The Labute approximate surface area is 46.9 Å². The largest absolute Gasteiger partial charge is 0.597 e. The molecular formula is C4H7ClNO+. The maximum atomic E-state index is 6.74. The molecule has 0 aliphatic heterocycles. The molecule has 0 aliphatic carbocycles. The summed E-state index contributed by atoms with van der Waals surface area (Å²) in [7, 11) is 0. The van der Waals surface area contributed by atoms with Crippen LogP contribution in [0.3, 0.4) is 0 Å². The fraction of sp³-hybridized carbons (Fsp3) is 0.250. The molecule has 0 radical (unpaired) electrons. The third kappa shape index (κ3) is 5.50. The van der Waals surface area contributed by atoms with Crippen molar-refractivity contribution in [3.63, 3.8) is 0 Å². The van der Waals surface area contributed by atoms with Crippen LogP contribution >= 0.6 is 11.6 Å². The first-order chi connectivity index (χ1) is 3.13. The van der Waals surface area contributed by atoms with E-state index in [0.29, 0.717) is 5.76 Å². The van der Waals surface area contributed by atoms with Crippen LogP contribution in [0.2, 0.25) is 0 Å². The van der Waals surface area contributed by atoms with Crippen LogP contribution in [0.15, 0.2) is 11.8 Å². The number of allylic oxidation sites excluding steroid dienone is 2. The topological polar surface area (TPSA) is 46.8 Å². The van der Waals surface area contributed by atoms with E-state index in [-0.39, 0.29) is 5.17 Å². The van der Waals surface area contributed by atoms with Gasteiger partial charge in [0.25, 0.3) is 0 Å². The second kappa shape index (κ2) is 2.64. The molecule has 0 aromatic carbocycles. The third-order valence-electron chi connectivity index (χ3n) is 0.343. The van der Waals surface area contributed by atoms with Crippen molar-refractivity contribution in [3.05, 3.63) is 11.8 Å². The highest BCUT2D eigenvalue weighted by Gasteiger charge is 1.86. The van der Waals surface area contributed by atoms with Crippen molar-refractivity contribution >= 4 is 16.8 Å². The lowest BCUT2D eigenvalue weighted by atomic mass is 10.5. The molecule has 3 N–H and O–H groups in total. The first-order valence-corrected chi connectivity index (χ1v) is 2.14. The summed E-state index contributed by atoms with van der Waals surface area (Å²) in [6.45, 7) is 1.57. The molecule has 0 rings (SSSR count). The van der Waals surface area contributed by atoms with E-state index >= 15 is 0 Å². The number of hydrogen-bond donors (Lipinski definition) is 1. The Bertz CT molecular complexity index is 104. The van der Waals surface area contributed by atoms with Gasteiger partial charge in [-0.15, -0.1) is 0 Å². The Hall–Kier alpha value is -0.500. The van der Waals surface area contributed by atoms with Crippen LogP contribution < -0.4 is 0 Å². The number of rotatable bonds is 1. The predicted molar refractivity (Wildman–Crippen MR) is 31.0 cm³/mol. The SMILES string of the molecule is C/C([OH2+])=C/C(=N)Cl. The summed E-state index contributed by atoms with van der Waals surface area (Å²) >= 11 is 5.06. The second-order valence-electron chi connectivity index (χ2n) is 1.18. The van der Waals surface area contributed by atoms with Crippen molar-refractivity contribution in [3.8, 4) is 0 Å². The van der Waals surface area contributed by atoms with Gasteiger partial charge in [0.2, 0.25) is 5.76 Å². The van der Waals surface area contributed by atoms with E-state index in [2.05, 4.69) is 0 Å². The zero-order chi connectivity index (χ0) is 5.86. The third-order valence-corrected chi connectivity index (χ3v) is 0.452. The average molecular weight is 121 g/mol. The minimum absolute atomic E-state index is 0.0903. The van der Waals surface area contributed by atoms with Gasteiger partial charge >= 0.3 is 0 Å². The molecule has 7 heavy (non-hydrogen) atoms. The van der Waals surface area contributed by atoms with Gasteiger partial charge in [-0.1, -0.05) is 11.6 Å². The van der Waals surface area contributed by atoms with Gasteiger partial charge in [-0.3, -0.25) is 5.41 Å². The summed E-state index contributed by atoms with van der Waals surface area (Å²) in [5.74, 6) is 0.306. The van der Waals surface area contributed by atoms with Gasteiger partial charge in [0.1, 0.15) is 5.17 Å². The Morgan fingerprint density at radius 2 is 2.29 bits per heavy atom. The molecule has 0 saturated heterocycles. The molecule has 0 saturated carbocycles. The van der Waals surface area contributed by atoms with Crippen LogP contribution in [-0.4, -0.2) is 10.3 Å². The van der Waals surface area contributed by atoms with Crippen molar-refractivity contribution < 1.29 is 5.11 Å². The van der Waals surface area contributed by atoms with E-state index in [1.54, 1.807) is 6.92 Å². The summed E-state index contributed by atoms with van der Waals surface area (Å²) in [4.78, 5) is 0. The maximum absolute atomic E-state index is 6.74. The Balaban J connectivity index is 3.68. The average Bonchev–Trinajstić information content (AvgIpc) is 1.27. The minimum atomic E-state index is -0.0903. The molecule has 0 bridgehead atoms. The highest BCUT2D eigenvalue weighted by Crippen LogP contribution is 1.88. The summed E-state index contributed by atoms with van der Waals surface area (Å²) in [6.07, 6.45) is 1.27. The number of halogens is 1. The van der Waals surface area contributed by atoms with E-state index in [1.165, 1.54) is 6.08 Å². The van der Waals surface area contributed by atoms with E-state index < -0.39 is 0 Å². The Morgan fingerprint density at radius 3 is 2.29 bits per heavy atom. The zero-order valence-corrected chi connectivity index (χ0v) is 4.71. The summed E-state index contributed by atoms with van der Waals surface area (Å²) in [5, 5.41) is 13.2. The molecule has 0 aliphatic rings. The lowest BCUT2D eigenvalue weighted by Crippen LogP contribution is -1.77. The van der Waals surface area contributed by atoms with Gasteiger partial charge in [-0.25, -0.2) is 0 Å². The Morgan fingerprint density at radius 1 is 1.86 bits per heavy atom. The molecule has 2 nitrogen and oxygen atoms in total. The van der Waals surface area contributed by atoms with Crippen molar-refractivity contribution in [1.82, 2.24) is 0 Å². The predicted octanol–water partition coefficient (Wildman–Crippen LogP) is 0.831. The molecule has 0 aromatic heterocycles. The molecule has 0 aromatic rings. The molecule has 0 amide bonds. The lowest BCUT2D eigenvalue weighted by molar-refractivity contribution is 0.415. The van der Waals surface area contributed by atoms with Crippen molar-refractivity contribution in [2.45, 2.75) is 6.92 Å². The second-order valence-corrected chi connectivity index (χ2v) is 1.58. The number of nitrogens with one attached hydrogen (secondary N) is 1. The molecule has 0 spiro atoms. The fourth-order valence-corrected chi connectivity index (χ4v) is 0.354. The van der Waals surface area contributed by atoms with E-state index in [0.717, 1.165) is 0 Å². The van der Waals surface area contributed by atoms with Crippen LogP contribution in [-0.2, 0) is 0 Å². The standard InChI is InChI=1S/C4H6ClNO/c1-3(7)2-4(5)6/h2,6-7H,1H3/p+1/b3-2-,6-4?. The van der Waals surface area contributed by atoms with Crippen LogP contribution in [0, 0.1) is 5.41 Å². The first kappa shape index (κ1) is 6.50. The van der Waals surface area contributed by atoms with Crippen LogP contribution in [0.1, 0.15) is 6.92 Å². The molecular weight excluding hydrogens is 114 g/mol. The fourth-order valence-electron chi connectivity index (χ4n) is 0.190.